The third kappa shape index (κ3) is 51.8. The average Bonchev–Trinajstić information content (AvgIpc) is 3.31. The van der Waals surface area contributed by atoms with E-state index >= 15 is 0 Å². The Bertz CT molecular complexity index is 970. The number of esters is 1. The molecule has 0 aliphatic carbocycles. The first-order valence-electron chi connectivity index (χ1n) is 29.4. The van der Waals surface area contributed by atoms with E-state index in [0.29, 0.717) is 25.9 Å². The zero-order valence-corrected chi connectivity index (χ0v) is 44.0. The fourth-order valence-corrected chi connectivity index (χ4v) is 9.28. The topological polar surface area (TPSA) is 95.9 Å². The molecular weight excluding hydrogens is 803 g/mol. The Kier molecular flexibility index (Phi) is 54.0. The Morgan fingerprint density at radius 3 is 1.09 bits per heavy atom. The fourth-order valence-electron chi connectivity index (χ4n) is 9.28. The molecule has 0 rings (SSSR count). The molecule has 0 fully saturated rings. The third-order valence-corrected chi connectivity index (χ3v) is 13.8. The minimum Gasteiger partial charge on any atom is -0.466 e. The van der Waals surface area contributed by atoms with Crippen LogP contribution in [0.1, 0.15) is 328 Å². The van der Waals surface area contributed by atoms with E-state index in [0.717, 1.165) is 38.5 Å². The van der Waals surface area contributed by atoms with Crippen molar-refractivity contribution in [3.8, 4) is 0 Å². The van der Waals surface area contributed by atoms with Crippen LogP contribution in [-0.4, -0.2) is 47.4 Å². The number of aliphatic hydroxyl groups excluding tert-OH is 2. The number of nitrogens with one attached hydrogen (secondary N) is 1. The SMILES string of the molecule is CCCCCCCCCCCCCCCCCCC(=O)OCCCCCCCCCCCCCC/C=C\CCCCCCCCCC(=O)NC(CO)C(O)CCCCCCCCCCC. The number of rotatable bonds is 55. The molecule has 2 atom stereocenters. The predicted molar refractivity (Wildman–Crippen MR) is 283 cm³/mol. The first-order valence-corrected chi connectivity index (χ1v) is 29.4. The molecule has 3 N–H and O–H groups in total. The van der Waals surface area contributed by atoms with Crippen LogP contribution in [0.3, 0.4) is 0 Å². The number of hydrogen-bond donors (Lipinski definition) is 3. The van der Waals surface area contributed by atoms with E-state index < -0.39 is 12.1 Å². The number of carbonyl (C=O) groups excluding carboxylic acids is 2. The maximum atomic E-state index is 12.4. The summed E-state index contributed by atoms with van der Waals surface area (Å²) in [5.74, 6) is -0.0275. The first kappa shape index (κ1) is 63.6. The van der Waals surface area contributed by atoms with Gasteiger partial charge < -0.3 is 20.3 Å². The standard InChI is InChI=1S/C59H115NO5/c1-3-5-7-9-11-13-14-15-16-27-30-33-37-41-45-49-53-59(64)65-54-50-46-42-38-34-31-28-25-23-21-19-17-18-20-22-24-26-29-32-36-40-44-48-52-58(63)60-56(55-61)57(62)51-47-43-39-35-12-10-8-6-4-2/h20,22,56-57,61-62H,3-19,21,23-55H2,1-2H3,(H,60,63)/b22-20-. The summed E-state index contributed by atoms with van der Waals surface area (Å²) in [5.41, 5.74) is 0. The second-order valence-electron chi connectivity index (χ2n) is 20.3. The summed E-state index contributed by atoms with van der Waals surface area (Å²) in [4.78, 5) is 24.5. The molecule has 0 saturated heterocycles. The van der Waals surface area contributed by atoms with Crippen molar-refractivity contribution in [2.45, 2.75) is 341 Å². The molecule has 6 nitrogen and oxygen atoms in total. The molecule has 0 spiro atoms. The van der Waals surface area contributed by atoms with Crippen molar-refractivity contribution in [2.75, 3.05) is 13.2 Å². The van der Waals surface area contributed by atoms with E-state index in [2.05, 4.69) is 31.3 Å². The van der Waals surface area contributed by atoms with Gasteiger partial charge in [-0.05, 0) is 51.4 Å². The van der Waals surface area contributed by atoms with Crippen molar-refractivity contribution in [1.82, 2.24) is 5.32 Å². The quantitative estimate of drug-likeness (QED) is 0.0321. The van der Waals surface area contributed by atoms with E-state index in [1.165, 1.54) is 257 Å². The molecule has 0 aromatic rings. The van der Waals surface area contributed by atoms with Crippen LogP contribution in [0.5, 0.6) is 0 Å². The van der Waals surface area contributed by atoms with Gasteiger partial charge in [-0.15, -0.1) is 0 Å². The molecular formula is C59H115NO5. The van der Waals surface area contributed by atoms with Gasteiger partial charge >= 0.3 is 5.97 Å². The lowest BCUT2D eigenvalue weighted by Crippen LogP contribution is -2.45. The summed E-state index contributed by atoms with van der Waals surface area (Å²) < 4.78 is 5.49. The van der Waals surface area contributed by atoms with Gasteiger partial charge in [0.2, 0.25) is 5.91 Å². The highest BCUT2D eigenvalue weighted by molar-refractivity contribution is 5.76. The van der Waals surface area contributed by atoms with Crippen LogP contribution in [0.15, 0.2) is 12.2 Å². The maximum absolute atomic E-state index is 12.4. The molecule has 0 aromatic heterocycles. The highest BCUT2D eigenvalue weighted by atomic mass is 16.5. The number of unbranched alkanes of at least 4 members (excludes halogenated alkanes) is 42. The summed E-state index contributed by atoms with van der Waals surface area (Å²) >= 11 is 0. The van der Waals surface area contributed by atoms with Gasteiger partial charge in [0.15, 0.2) is 0 Å². The van der Waals surface area contributed by atoms with Crippen molar-refractivity contribution < 1.29 is 24.5 Å². The van der Waals surface area contributed by atoms with Crippen LogP contribution < -0.4 is 5.32 Å². The summed E-state index contributed by atoms with van der Waals surface area (Å²) in [6, 6.07) is -0.543. The second kappa shape index (κ2) is 55.2. The predicted octanol–water partition coefficient (Wildman–Crippen LogP) is 18.1. The molecule has 0 aromatic carbocycles. The molecule has 0 saturated carbocycles. The fraction of sp³-hybridized carbons (Fsp3) is 0.932. The number of carbonyl (C=O) groups is 2. The number of aliphatic hydroxyl groups is 2. The lowest BCUT2D eigenvalue weighted by molar-refractivity contribution is -0.143. The van der Waals surface area contributed by atoms with Gasteiger partial charge in [-0.1, -0.05) is 276 Å². The van der Waals surface area contributed by atoms with Gasteiger partial charge in [-0.2, -0.15) is 0 Å². The second-order valence-corrected chi connectivity index (χ2v) is 20.3. The van der Waals surface area contributed by atoms with Crippen LogP contribution in [0.2, 0.25) is 0 Å². The normalized spacial score (nSPS) is 12.6. The van der Waals surface area contributed by atoms with E-state index in [4.69, 9.17) is 4.74 Å². The molecule has 65 heavy (non-hydrogen) atoms. The van der Waals surface area contributed by atoms with Crippen molar-refractivity contribution in [3.05, 3.63) is 12.2 Å². The van der Waals surface area contributed by atoms with E-state index in [9.17, 15) is 19.8 Å². The summed E-state index contributed by atoms with van der Waals surface area (Å²) in [5, 5.41) is 23.1. The Hall–Kier alpha value is -1.40. The summed E-state index contributed by atoms with van der Waals surface area (Å²) in [6.45, 7) is 4.95. The molecule has 0 heterocycles. The average molecular weight is 919 g/mol. The first-order chi connectivity index (χ1) is 32.0. The molecule has 1 amide bonds. The van der Waals surface area contributed by atoms with Gasteiger partial charge in [-0.3, -0.25) is 9.59 Å². The number of allylic oxidation sites excluding steroid dienone is 2. The van der Waals surface area contributed by atoms with Gasteiger partial charge in [0.05, 0.1) is 25.4 Å². The van der Waals surface area contributed by atoms with E-state index in [1.807, 2.05) is 0 Å². The van der Waals surface area contributed by atoms with Crippen LogP contribution in [0, 0.1) is 0 Å². The zero-order valence-electron chi connectivity index (χ0n) is 44.0. The summed E-state index contributed by atoms with van der Waals surface area (Å²) in [7, 11) is 0. The lowest BCUT2D eigenvalue weighted by Gasteiger charge is -2.22. The maximum Gasteiger partial charge on any atom is 0.305 e. The molecule has 0 bridgehead atoms. The Morgan fingerprint density at radius 1 is 0.415 bits per heavy atom. The molecule has 0 aliphatic rings. The Labute approximate surface area is 406 Å². The van der Waals surface area contributed by atoms with Gasteiger partial charge in [0.1, 0.15) is 0 Å². The largest absolute Gasteiger partial charge is 0.466 e. The van der Waals surface area contributed by atoms with Crippen molar-refractivity contribution in [1.29, 1.82) is 0 Å². The van der Waals surface area contributed by atoms with Crippen LogP contribution >= 0.6 is 0 Å². The zero-order chi connectivity index (χ0) is 47.2. The van der Waals surface area contributed by atoms with Gasteiger partial charge in [-0.25, -0.2) is 0 Å². The van der Waals surface area contributed by atoms with E-state index in [1.54, 1.807) is 0 Å². The molecule has 2 unspecified atom stereocenters. The van der Waals surface area contributed by atoms with Gasteiger partial charge in [0, 0.05) is 12.8 Å². The van der Waals surface area contributed by atoms with Crippen LogP contribution in [-0.2, 0) is 14.3 Å². The van der Waals surface area contributed by atoms with Crippen molar-refractivity contribution in [3.63, 3.8) is 0 Å². The molecule has 6 heteroatoms. The molecule has 0 radical (unpaired) electrons. The van der Waals surface area contributed by atoms with Gasteiger partial charge in [0.25, 0.3) is 0 Å². The third-order valence-electron chi connectivity index (χ3n) is 13.8. The number of ether oxygens (including phenoxy) is 1. The Morgan fingerprint density at radius 2 is 0.723 bits per heavy atom. The van der Waals surface area contributed by atoms with Crippen LogP contribution in [0.25, 0.3) is 0 Å². The van der Waals surface area contributed by atoms with Crippen LogP contribution in [0.4, 0.5) is 0 Å². The number of amides is 1. The van der Waals surface area contributed by atoms with E-state index in [-0.39, 0.29) is 18.5 Å². The highest BCUT2D eigenvalue weighted by Gasteiger charge is 2.20. The minimum absolute atomic E-state index is 0.0152. The number of hydrogen-bond acceptors (Lipinski definition) is 5. The smallest absolute Gasteiger partial charge is 0.305 e. The lowest BCUT2D eigenvalue weighted by atomic mass is 10.0. The Balaban J connectivity index is 3.36. The van der Waals surface area contributed by atoms with Crippen molar-refractivity contribution >= 4 is 11.9 Å². The minimum atomic E-state index is -0.665. The monoisotopic (exact) mass is 918 g/mol. The highest BCUT2D eigenvalue weighted by Crippen LogP contribution is 2.17. The van der Waals surface area contributed by atoms with Crippen molar-refractivity contribution in [2.24, 2.45) is 0 Å². The molecule has 386 valence electrons. The molecule has 0 aliphatic heterocycles. The summed E-state index contributed by atoms with van der Waals surface area (Å²) in [6.07, 6.45) is 65.1.